The Balaban J connectivity index is 0.00000484. The van der Waals surface area contributed by atoms with Crippen molar-refractivity contribution in [3.05, 3.63) is 34.6 Å². The molecule has 0 unspecified atom stereocenters. The van der Waals surface area contributed by atoms with Crippen molar-refractivity contribution < 1.29 is 44.6 Å². The average Bonchev–Trinajstić information content (AvgIpc) is 2.34. The highest BCUT2D eigenvalue weighted by molar-refractivity contribution is 5.85. The highest BCUT2D eigenvalue weighted by Gasteiger charge is 2.46. The van der Waals surface area contributed by atoms with E-state index in [0.29, 0.717) is 0 Å². The summed E-state index contributed by atoms with van der Waals surface area (Å²) in [5.74, 6) is -6.55. The zero-order valence-electron chi connectivity index (χ0n) is 10.8. The highest BCUT2D eigenvalue weighted by atomic mass is 35.5. The first-order valence-corrected chi connectivity index (χ1v) is 5.44. The molecule has 0 radical (unpaired) electrons. The summed E-state index contributed by atoms with van der Waals surface area (Å²) in [6.07, 6.45) is -10.9. The van der Waals surface area contributed by atoms with Gasteiger partial charge in [0, 0.05) is 5.56 Å². The monoisotopic (exact) mass is 377 g/mol. The van der Waals surface area contributed by atoms with Crippen LogP contribution in [0.4, 0.5) is 39.5 Å². The van der Waals surface area contributed by atoms with Gasteiger partial charge in [-0.25, -0.2) is 13.2 Å². The number of hydrogen-bond donors (Lipinski definition) is 2. The lowest BCUT2D eigenvalue weighted by molar-refractivity contribution is -0.145. The van der Waals surface area contributed by atoms with Crippen molar-refractivity contribution in [1.82, 2.24) is 0 Å². The molecule has 0 aliphatic rings. The Labute approximate surface area is 129 Å². The maximum absolute atomic E-state index is 13.6. The lowest BCUT2D eigenvalue weighted by Gasteiger charge is -2.26. The first-order chi connectivity index (χ1) is 9.71. The molecular weight excluding hydrogens is 369 g/mol. The van der Waals surface area contributed by atoms with Crippen molar-refractivity contribution in [2.24, 2.45) is 5.73 Å². The van der Waals surface area contributed by atoms with Gasteiger partial charge in [-0.3, -0.25) is 0 Å². The molecule has 0 heterocycles. The number of benzene rings is 1. The largest absolute Gasteiger partial charge is 0.416 e. The summed E-state index contributed by atoms with van der Waals surface area (Å²) in [6.45, 7) is -2.01. The van der Waals surface area contributed by atoms with Crippen LogP contribution in [0.15, 0.2) is 12.1 Å². The van der Waals surface area contributed by atoms with E-state index >= 15 is 0 Å². The molecule has 0 saturated carbocycles. The van der Waals surface area contributed by atoms with Crippen molar-refractivity contribution in [3.63, 3.8) is 0 Å². The minimum atomic E-state index is -5.55. The van der Waals surface area contributed by atoms with Gasteiger partial charge in [-0.2, -0.15) is 26.3 Å². The minimum absolute atomic E-state index is 0. The SMILES string of the molecule is Cl.N[C@@H](c1c(F)cc(C(F)(F)F)cc1C(F)(F)F)C(F)(F)CO. The highest BCUT2D eigenvalue weighted by Crippen LogP contribution is 2.42. The summed E-state index contributed by atoms with van der Waals surface area (Å²) in [5, 5.41) is 8.38. The molecule has 0 aromatic heterocycles. The molecular formula is C11H9ClF9NO. The fourth-order valence-electron chi connectivity index (χ4n) is 1.64. The molecule has 0 aliphatic carbocycles. The van der Waals surface area contributed by atoms with E-state index in [-0.39, 0.29) is 18.5 Å². The molecule has 0 amide bonds. The fourth-order valence-corrected chi connectivity index (χ4v) is 1.64. The van der Waals surface area contributed by atoms with E-state index in [9.17, 15) is 39.5 Å². The zero-order valence-corrected chi connectivity index (χ0v) is 11.6. The van der Waals surface area contributed by atoms with Crippen LogP contribution in [0.1, 0.15) is 22.7 Å². The van der Waals surface area contributed by atoms with Crippen LogP contribution in [0.5, 0.6) is 0 Å². The molecule has 1 aromatic carbocycles. The third kappa shape index (κ3) is 4.64. The van der Waals surface area contributed by atoms with Gasteiger partial charge >= 0.3 is 12.4 Å². The van der Waals surface area contributed by atoms with E-state index in [1.807, 2.05) is 0 Å². The smallest absolute Gasteiger partial charge is 0.390 e. The second kappa shape index (κ2) is 6.73. The fraction of sp³-hybridized carbons (Fsp3) is 0.455. The van der Waals surface area contributed by atoms with Gasteiger partial charge in [-0.1, -0.05) is 0 Å². The lowest BCUT2D eigenvalue weighted by Crippen LogP contribution is -2.38. The van der Waals surface area contributed by atoms with Gasteiger partial charge < -0.3 is 10.8 Å². The van der Waals surface area contributed by atoms with E-state index in [1.165, 1.54) is 0 Å². The summed E-state index contributed by atoms with van der Waals surface area (Å²) in [7, 11) is 0. The number of alkyl halides is 8. The van der Waals surface area contributed by atoms with Crippen molar-refractivity contribution in [3.8, 4) is 0 Å². The molecule has 0 fully saturated rings. The van der Waals surface area contributed by atoms with E-state index in [0.717, 1.165) is 0 Å². The van der Waals surface area contributed by atoms with Gasteiger partial charge in [0.1, 0.15) is 18.5 Å². The maximum atomic E-state index is 13.6. The van der Waals surface area contributed by atoms with E-state index < -0.39 is 59.5 Å². The summed E-state index contributed by atoms with van der Waals surface area (Å²) in [4.78, 5) is 0. The molecule has 0 bridgehead atoms. The lowest BCUT2D eigenvalue weighted by atomic mass is 9.93. The molecule has 12 heteroatoms. The second-order valence-electron chi connectivity index (χ2n) is 4.31. The predicted molar refractivity (Wildman–Crippen MR) is 62.6 cm³/mol. The number of aliphatic hydroxyl groups excluding tert-OH is 1. The maximum Gasteiger partial charge on any atom is 0.416 e. The second-order valence-corrected chi connectivity index (χ2v) is 4.31. The van der Waals surface area contributed by atoms with Gasteiger partial charge in [0.25, 0.3) is 5.92 Å². The molecule has 3 N–H and O–H groups in total. The molecule has 1 rings (SSSR count). The van der Waals surface area contributed by atoms with Crippen molar-refractivity contribution >= 4 is 12.4 Å². The predicted octanol–water partition coefficient (Wildman–Crippen LogP) is 3.91. The van der Waals surface area contributed by atoms with Crippen molar-refractivity contribution in [1.29, 1.82) is 0 Å². The molecule has 1 aromatic rings. The van der Waals surface area contributed by atoms with E-state index in [1.54, 1.807) is 0 Å². The third-order valence-corrected chi connectivity index (χ3v) is 2.74. The number of halogens is 10. The zero-order chi connectivity index (χ0) is 17.5. The number of rotatable bonds is 3. The van der Waals surface area contributed by atoms with Crippen LogP contribution in [0.2, 0.25) is 0 Å². The van der Waals surface area contributed by atoms with Crippen LogP contribution in [-0.2, 0) is 12.4 Å². The Kier molecular flexibility index (Phi) is 6.38. The number of hydrogen-bond acceptors (Lipinski definition) is 2. The Bertz CT molecular complexity index is 556. The van der Waals surface area contributed by atoms with Gasteiger partial charge in [0.2, 0.25) is 0 Å². The Hall–Kier alpha value is -1.20. The van der Waals surface area contributed by atoms with Gasteiger partial charge in [-0.05, 0) is 12.1 Å². The van der Waals surface area contributed by atoms with Crippen molar-refractivity contribution in [2.75, 3.05) is 6.61 Å². The van der Waals surface area contributed by atoms with E-state index in [2.05, 4.69) is 0 Å². The number of aliphatic hydroxyl groups is 1. The first-order valence-electron chi connectivity index (χ1n) is 5.44. The molecule has 0 saturated heterocycles. The molecule has 1 atom stereocenters. The minimum Gasteiger partial charge on any atom is -0.390 e. The third-order valence-electron chi connectivity index (χ3n) is 2.74. The van der Waals surface area contributed by atoms with Crippen LogP contribution >= 0.6 is 12.4 Å². The molecule has 0 spiro atoms. The van der Waals surface area contributed by atoms with Crippen LogP contribution < -0.4 is 5.73 Å². The first kappa shape index (κ1) is 21.8. The normalized spacial score (nSPS) is 14.4. The van der Waals surface area contributed by atoms with Gasteiger partial charge in [0.05, 0.1) is 11.1 Å². The molecule has 134 valence electrons. The molecule has 2 nitrogen and oxygen atoms in total. The van der Waals surface area contributed by atoms with Gasteiger partial charge in [0.15, 0.2) is 0 Å². The summed E-state index contributed by atoms with van der Waals surface area (Å²) < 4.78 is 115. The Morgan fingerprint density at radius 2 is 1.43 bits per heavy atom. The quantitative estimate of drug-likeness (QED) is 0.785. The standard InChI is InChI=1S/C11H8F9NO.ClH/c12-6-2-4(10(15,16)17)1-5(11(18,19)20)7(6)8(21)9(13,14)3-22;/h1-2,8,22H,3,21H2;1H/t8-;/m0./s1. The van der Waals surface area contributed by atoms with Crippen LogP contribution in [0.3, 0.4) is 0 Å². The van der Waals surface area contributed by atoms with Gasteiger partial charge in [-0.15, -0.1) is 12.4 Å². The summed E-state index contributed by atoms with van der Waals surface area (Å²) in [6, 6.07) is -3.85. The van der Waals surface area contributed by atoms with Crippen LogP contribution in [0, 0.1) is 5.82 Å². The molecule has 23 heavy (non-hydrogen) atoms. The summed E-state index contributed by atoms with van der Waals surface area (Å²) in [5.41, 5.74) is -1.31. The van der Waals surface area contributed by atoms with E-state index in [4.69, 9.17) is 10.8 Å². The topological polar surface area (TPSA) is 46.2 Å². The Morgan fingerprint density at radius 1 is 0.957 bits per heavy atom. The number of nitrogens with two attached hydrogens (primary N) is 1. The van der Waals surface area contributed by atoms with Crippen LogP contribution in [0.25, 0.3) is 0 Å². The molecule has 0 aliphatic heterocycles. The average molecular weight is 378 g/mol. The summed E-state index contributed by atoms with van der Waals surface area (Å²) >= 11 is 0. The Morgan fingerprint density at radius 3 is 1.78 bits per heavy atom. The van der Waals surface area contributed by atoms with Crippen LogP contribution in [-0.4, -0.2) is 17.6 Å². The van der Waals surface area contributed by atoms with Crippen molar-refractivity contribution in [2.45, 2.75) is 24.3 Å².